The van der Waals surface area contributed by atoms with E-state index in [1.165, 1.54) is 4.90 Å². The maximum atomic E-state index is 12.9. The molecule has 1 aromatic rings. The number of amides is 2. The van der Waals surface area contributed by atoms with Crippen molar-refractivity contribution in [3.8, 4) is 0 Å². The van der Waals surface area contributed by atoms with E-state index in [1.54, 1.807) is 24.3 Å². The van der Waals surface area contributed by atoms with E-state index >= 15 is 0 Å². The minimum absolute atomic E-state index is 0.0348. The Balaban J connectivity index is 1.81. The van der Waals surface area contributed by atoms with Crippen molar-refractivity contribution in [3.63, 3.8) is 0 Å². The molecule has 0 bridgehead atoms. The summed E-state index contributed by atoms with van der Waals surface area (Å²) in [5.74, 6) is -0.928. The molecule has 0 radical (unpaired) electrons. The number of carbonyl (C=O) groups excluding carboxylic acids is 2. The van der Waals surface area contributed by atoms with Crippen LogP contribution in [0.4, 0.5) is 13.2 Å². The first-order chi connectivity index (χ1) is 10.3. The van der Waals surface area contributed by atoms with Crippen molar-refractivity contribution in [1.82, 2.24) is 9.80 Å². The van der Waals surface area contributed by atoms with Crippen LogP contribution in [-0.2, 0) is 11.3 Å². The number of likely N-dealkylation sites (tertiary alicyclic amines) is 1. The number of rotatable bonds is 1. The zero-order chi connectivity index (χ0) is 16.1. The van der Waals surface area contributed by atoms with Crippen molar-refractivity contribution in [3.05, 3.63) is 35.4 Å². The summed E-state index contributed by atoms with van der Waals surface area (Å²) in [6.07, 6.45) is -4.59. The SMILES string of the molecule is CN1C(=O)[C@H](N2Cc3ccccc3C2=O)CC[C@@H]1C(F)(F)F. The van der Waals surface area contributed by atoms with Crippen LogP contribution in [0.2, 0.25) is 0 Å². The highest BCUT2D eigenvalue weighted by Gasteiger charge is 2.50. The molecule has 2 heterocycles. The van der Waals surface area contributed by atoms with Gasteiger partial charge >= 0.3 is 6.18 Å². The molecule has 7 heteroatoms. The van der Waals surface area contributed by atoms with Gasteiger partial charge in [0.05, 0.1) is 0 Å². The van der Waals surface area contributed by atoms with Crippen LogP contribution in [0.25, 0.3) is 0 Å². The molecule has 0 aliphatic carbocycles. The van der Waals surface area contributed by atoms with Crippen LogP contribution < -0.4 is 0 Å². The molecular weight excluding hydrogens is 297 g/mol. The van der Waals surface area contributed by atoms with Gasteiger partial charge in [-0.15, -0.1) is 0 Å². The number of alkyl halides is 3. The Bertz CT molecular complexity index is 629. The second-order valence-electron chi connectivity index (χ2n) is 5.69. The first-order valence-corrected chi connectivity index (χ1v) is 7.03. The first kappa shape index (κ1) is 14.9. The summed E-state index contributed by atoms with van der Waals surface area (Å²) in [6, 6.07) is 4.41. The standard InChI is InChI=1S/C15H15F3N2O2/c1-19-12(15(16,17)18)7-6-11(14(19)22)20-8-9-4-2-3-5-10(9)13(20)21/h2-5,11-12H,6-8H2,1H3/t11-,12-/m1/s1. The number of fused-ring (bicyclic) bond motifs is 1. The van der Waals surface area contributed by atoms with Gasteiger partial charge in [-0.25, -0.2) is 0 Å². The largest absolute Gasteiger partial charge is 0.408 e. The Hall–Kier alpha value is -2.05. The highest BCUT2D eigenvalue weighted by molar-refractivity contribution is 6.01. The normalized spacial score (nSPS) is 25.6. The fourth-order valence-electron chi connectivity index (χ4n) is 3.22. The van der Waals surface area contributed by atoms with Crippen LogP contribution >= 0.6 is 0 Å². The second-order valence-corrected chi connectivity index (χ2v) is 5.69. The summed E-state index contributed by atoms with van der Waals surface area (Å²) in [5.41, 5.74) is 1.33. The molecule has 1 aromatic carbocycles. The minimum atomic E-state index is -4.44. The molecule has 0 N–H and O–H groups in total. The van der Waals surface area contributed by atoms with E-state index in [0.717, 1.165) is 17.5 Å². The Labute approximate surface area is 125 Å². The molecule has 1 fully saturated rings. The lowest BCUT2D eigenvalue weighted by atomic mass is 9.96. The molecule has 2 aliphatic rings. The molecular formula is C15H15F3N2O2. The van der Waals surface area contributed by atoms with Crippen LogP contribution in [0.1, 0.15) is 28.8 Å². The third-order valence-corrected chi connectivity index (χ3v) is 4.42. The molecule has 1 saturated heterocycles. The minimum Gasteiger partial charge on any atom is -0.332 e. The van der Waals surface area contributed by atoms with Crippen LogP contribution in [-0.4, -0.2) is 46.9 Å². The summed E-state index contributed by atoms with van der Waals surface area (Å²) in [6.45, 7) is 0.274. The Kier molecular flexibility index (Phi) is 3.38. The predicted molar refractivity (Wildman–Crippen MR) is 72.0 cm³/mol. The third kappa shape index (κ3) is 2.24. The zero-order valence-corrected chi connectivity index (χ0v) is 11.9. The van der Waals surface area contributed by atoms with Gasteiger partial charge in [0.2, 0.25) is 5.91 Å². The summed E-state index contributed by atoms with van der Waals surface area (Å²) in [5, 5.41) is 0. The highest BCUT2D eigenvalue weighted by atomic mass is 19.4. The molecule has 3 rings (SSSR count). The fraction of sp³-hybridized carbons (Fsp3) is 0.467. The monoisotopic (exact) mass is 312 g/mol. The summed E-state index contributed by atoms with van der Waals surface area (Å²) >= 11 is 0. The van der Waals surface area contributed by atoms with Gasteiger partial charge in [-0.1, -0.05) is 18.2 Å². The summed E-state index contributed by atoms with van der Waals surface area (Å²) in [7, 11) is 1.15. The van der Waals surface area contributed by atoms with Crippen molar-refractivity contribution in [2.75, 3.05) is 7.05 Å². The van der Waals surface area contributed by atoms with E-state index in [9.17, 15) is 22.8 Å². The van der Waals surface area contributed by atoms with Crippen LogP contribution in [0.15, 0.2) is 24.3 Å². The lowest BCUT2D eigenvalue weighted by Gasteiger charge is -2.40. The fourth-order valence-corrected chi connectivity index (χ4v) is 3.22. The van der Waals surface area contributed by atoms with Crippen molar-refractivity contribution >= 4 is 11.8 Å². The van der Waals surface area contributed by atoms with Crippen molar-refractivity contribution in [2.24, 2.45) is 0 Å². The number of halogens is 3. The van der Waals surface area contributed by atoms with Crippen LogP contribution in [0.5, 0.6) is 0 Å². The van der Waals surface area contributed by atoms with Gasteiger partial charge in [0, 0.05) is 19.2 Å². The van der Waals surface area contributed by atoms with Gasteiger partial charge in [0.25, 0.3) is 5.91 Å². The molecule has 4 nitrogen and oxygen atoms in total. The quantitative estimate of drug-likeness (QED) is 0.797. The third-order valence-electron chi connectivity index (χ3n) is 4.42. The average molecular weight is 312 g/mol. The predicted octanol–water partition coefficient (Wildman–Crippen LogP) is 2.19. The number of piperidine rings is 1. The topological polar surface area (TPSA) is 40.6 Å². The maximum absolute atomic E-state index is 12.9. The van der Waals surface area contributed by atoms with Crippen LogP contribution in [0.3, 0.4) is 0 Å². The number of carbonyl (C=O) groups is 2. The van der Waals surface area contributed by atoms with E-state index in [0.29, 0.717) is 5.56 Å². The molecule has 118 valence electrons. The van der Waals surface area contributed by atoms with E-state index < -0.39 is 24.2 Å². The van der Waals surface area contributed by atoms with Crippen molar-refractivity contribution in [1.29, 1.82) is 0 Å². The number of benzene rings is 1. The highest BCUT2D eigenvalue weighted by Crippen LogP contribution is 2.35. The molecule has 22 heavy (non-hydrogen) atoms. The van der Waals surface area contributed by atoms with Crippen molar-refractivity contribution < 1.29 is 22.8 Å². The number of hydrogen-bond donors (Lipinski definition) is 0. The van der Waals surface area contributed by atoms with Gasteiger partial charge in [0.15, 0.2) is 0 Å². The second kappa shape index (κ2) is 5.00. The number of hydrogen-bond acceptors (Lipinski definition) is 2. The van der Waals surface area contributed by atoms with Gasteiger partial charge in [0.1, 0.15) is 12.1 Å². The molecule has 0 spiro atoms. The lowest BCUT2D eigenvalue weighted by molar-refractivity contribution is -0.196. The number of nitrogens with zero attached hydrogens (tertiary/aromatic N) is 2. The zero-order valence-electron chi connectivity index (χ0n) is 11.9. The van der Waals surface area contributed by atoms with Gasteiger partial charge < -0.3 is 9.80 Å². The molecule has 0 aromatic heterocycles. The van der Waals surface area contributed by atoms with Gasteiger partial charge in [-0.3, -0.25) is 9.59 Å². The Morgan fingerprint density at radius 1 is 1.14 bits per heavy atom. The Morgan fingerprint density at radius 2 is 1.82 bits per heavy atom. The smallest absolute Gasteiger partial charge is 0.332 e. The molecule has 2 atom stereocenters. The van der Waals surface area contributed by atoms with E-state index in [-0.39, 0.29) is 25.3 Å². The Morgan fingerprint density at radius 3 is 2.45 bits per heavy atom. The van der Waals surface area contributed by atoms with Gasteiger partial charge in [-0.05, 0) is 24.5 Å². The van der Waals surface area contributed by atoms with Gasteiger partial charge in [-0.2, -0.15) is 13.2 Å². The molecule has 2 amide bonds. The summed E-state index contributed by atoms with van der Waals surface area (Å²) < 4.78 is 38.7. The van der Waals surface area contributed by atoms with Crippen molar-refractivity contribution in [2.45, 2.75) is 37.6 Å². The van der Waals surface area contributed by atoms with Crippen LogP contribution in [0, 0.1) is 0 Å². The molecule has 0 saturated carbocycles. The molecule has 0 unspecified atom stereocenters. The molecule has 2 aliphatic heterocycles. The van der Waals surface area contributed by atoms with E-state index in [4.69, 9.17) is 0 Å². The lowest BCUT2D eigenvalue weighted by Crippen LogP contribution is -2.58. The number of likely N-dealkylation sites (N-methyl/N-ethyl adjacent to an activating group) is 1. The first-order valence-electron chi connectivity index (χ1n) is 7.03. The average Bonchev–Trinajstić information content (AvgIpc) is 2.78. The van der Waals surface area contributed by atoms with E-state index in [2.05, 4.69) is 0 Å². The summed E-state index contributed by atoms with van der Waals surface area (Å²) in [4.78, 5) is 26.8. The maximum Gasteiger partial charge on any atom is 0.408 e. The van der Waals surface area contributed by atoms with E-state index in [1.807, 2.05) is 0 Å².